The van der Waals surface area contributed by atoms with Crippen LogP contribution >= 0.6 is 0 Å². The van der Waals surface area contributed by atoms with Gasteiger partial charge in [-0.05, 0) is 49.6 Å². The van der Waals surface area contributed by atoms with Crippen molar-refractivity contribution in [3.63, 3.8) is 0 Å². The monoisotopic (exact) mass is 342 g/mol. The zero-order valence-electron chi connectivity index (χ0n) is 14.6. The molecule has 0 saturated heterocycles. The van der Waals surface area contributed by atoms with Gasteiger partial charge in [0.05, 0.1) is 0 Å². The van der Waals surface area contributed by atoms with E-state index in [1.807, 2.05) is 26.0 Å². The molecule has 0 aliphatic rings. The van der Waals surface area contributed by atoms with Gasteiger partial charge in [0.25, 0.3) is 5.91 Å². The lowest BCUT2D eigenvalue weighted by molar-refractivity contribution is -0.139. The van der Waals surface area contributed by atoms with Crippen molar-refractivity contribution in [2.45, 2.75) is 39.8 Å². The summed E-state index contributed by atoms with van der Waals surface area (Å²) in [7, 11) is 0. The van der Waals surface area contributed by atoms with Gasteiger partial charge in [-0.2, -0.15) is 0 Å². The van der Waals surface area contributed by atoms with Gasteiger partial charge < -0.3 is 15.2 Å². The number of carbonyl (C=O) groups is 2. The first-order chi connectivity index (χ1) is 11.9. The first kappa shape index (κ1) is 18.4. The number of carboxylic acid groups (broad SMARTS) is 1. The van der Waals surface area contributed by atoms with E-state index in [9.17, 15) is 9.59 Å². The summed E-state index contributed by atoms with van der Waals surface area (Å²) >= 11 is 0. The van der Waals surface area contributed by atoms with E-state index in [1.165, 1.54) is 0 Å². The third-order valence-electron chi connectivity index (χ3n) is 3.84. The molecule has 0 spiro atoms. The van der Waals surface area contributed by atoms with Crippen molar-refractivity contribution in [3.05, 3.63) is 58.9 Å². The molecule has 1 amide bonds. The predicted molar refractivity (Wildman–Crippen MR) is 93.7 cm³/mol. The van der Waals surface area contributed by atoms with Crippen LogP contribution in [0.3, 0.4) is 0 Å². The van der Waals surface area contributed by atoms with Crippen molar-refractivity contribution in [2.24, 2.45) is 0 Å². The molecule has 1 heterocycles. The van der Waals surface area contributed by atoms with E-state index in [0.717, 1.165) is 16.7 Å². The minimum atomic E-state index is -1.04. The van der Waals surface area contributed by atoms with Crippen LogP contribution in [0.1, 0.15) is 40.4 Å². The van der Waals surface area contributed by atoms with E-state index in [-0.39, 0.29) is 0 Å². The van der Waals surface area contributed by atoms with Gasteiger partial charge in [-0.15, -0.1) is 0 Å². The standard InChI is InChI=1S/C19H22N2O4/c1-4-16(19(23)24)21-18(22)15-8-12(2)17(13(3)9-15)25-11-14-6-5-7-20-10-14/h5-10,16H,4,11H2,1-3H3,(H,21,22)(H,23,24). The second-order valence-corrected chi connectivity index (χ2v) is 5.86. The van der Waals surface area contributed by atoms with Gasteiger partial charge in [-0.3, -0.25) is 9.78 Å². The van der Waals surface area contributed by atoms with Crippen molar-refractivity contribution in [2.75, 3.05) is 0 Å². The van der Waals surface area contributed by atoms with Crippen LogP contribution in [0.4, 0.5) is 0 Å². The summed E-state index contributed by atoms with van der Waals surface area (Å²) in [4.78, 5) is 27.4. The summed E-state index contributed by atoms with van der Waals surface area (Å²) in [5.74, 6) is -0.731. The second-order valence-electron chi connectivity index (χ2n) is 5.86. The molecule has 0 bridgehead atoms. The van der Waals surface area contributed by atoms with Gasteiger partial charge in [-0.25, -0.2) is 4.79 Å². The van der Waals surface area contributed by atoms with E-state index >= 15 is 0 Å². The fourth-order valence-corrected chi connectivity index (χ4v) is 2.53. The van der Waals surface area contributed by atoms with Gasteiger partial charge in [0, 0.05) is 23.5 Å². The number of amides is 1. The summed E-state index contributed by atoms with van der Waals surface area (Å²) in [6.07, 6.45) is 3.77. The topological polar surface area (TPSA) is 88.5 Å². The number of rotatable bonds is 7. The Balaban J connectivity index is 2.13. The molecule has 0 aliphatic carbocycles. The lowest BCUT2D eigenvalue weighted by Gasteiger charge is -2.16. The molecule has 1 unspecified atom stereocenters. The summed E-state index contributed by atoms with van der Waals surface area (Å²) in [5, 5.41) is 11.6. The van der Waals surface area contributed by atoms with Crippen molar-refractivity contribution in [1.82, 2.24) is 10.3 Å². The highest BCUT2D eigenvalue weighted by Crippen LogP contribution is 2.26. The number of pyridine rings is 1. The zero-order chi connectivity index (χ0) is 18.4. The fourth-order valence-electron chi connectivity index (χ4n) is 2.53. The van der Waals surface area contributed by atoms with Gasteiger partial charge in [-0.1, -0.05) is 13.0 Å². The molecule has 1 aromatic carbocycles. The maximum Gasteiger partial charge on any atom is 0.326 e. The molecule has 132 valence electrons. The third kappa shape index (κ3) is 4.79. The van der Waals surface area contributed by atoms with E-state index in [0.29, 0.717) is 24.3 Å². The average Bonchev–Trinajstić information content (AvgIpc) is 2.59. The Labute approximate surface area is 146 Å². The van der Waals surface area contributed by atoms with E-state index in [2.05, 4.69) is 10.3 Å². The molecule has 0 radical (unpaired) electrons. The molecule has 0 fully saturated rings. The number of ether oxygens (including phenoxy) is 1. The number of carbonyl (C=O) groups excluding carboxylic acids is 1. The maximum atomic E-state index is 12.3. The third-order valence-corrected chi connectivity index (χ3v) is 3.84. The Kier molecular flexibility index (Phi) is 6.11. The summed E-state index contributed by atoms with van der Waals surface area (Å²) in [6.45, 7) is 5.82. The van der Waals surface area contributed by atoms with Crippen LogP contribution < -0.4 is 10.1 Å². The molecule has 6 nitrogen and oxygen atoms in total. The number of nitrogens with one attached hydrogen (secondary N) is 1. The minimum Gasteiger partial charge on any atom is -0.488 e. The number of benzene rings is 1. The van der Waals surface area contributed by atoms with Crippen LogP contribution in [0.2, 0.25) is 0 Å². The quantitative estimate of drug-likeness (QED) is 0.808. The second kappa shape index (κ2) is 8.28. The van der Waals surface area contributed by atoms with Crippen LogP contribution in [0.15, 0.2) is 36.7 Å². The van der Waals surface area contributed by atoms with Gasteiger partial charge in [0.2, 0.25) is 0 Å². The Bertz CT molecular complexity index is 736. The molecule has 2 rings (SSSR count). The lowest BCUT2D eigenvalue weighted by atomic mass is 10.0. The Morgan fingerprint density at radius 2 is 1.96 bits per heavy atom. The smallest absolute Gasteiger partial charge is 0.326 e. The summed E-state index contributed by atoms with van der Waals surface area (Å²) in [6, 6.07) is 6.29. The average molecular weight is 342 g/mol. The SMILES string of the molecule is CCC(NC(=O)c1cc(C)c(OCc2cccnc2)c(C)c1)C(=O)O. The molecular formula is C19H22N2O4. The Hall–Kier alpha value is -2.89. The fraction of sp³-hybridized carbons (Fsp3) is 0.316. The Morgan fingerprint density at radius 3 is 2.48 bits per heavy atom. The van der Waals surface area contributed by atoms with Gasteiger partial charge >= 0.3 is 5.97 Å². The minimum absolute atomic E-state index is 0.325. The molecule has 1 atom stereocenters. The highest BCUT2D eigenvalue weighted by atomic mass is 16.5. The number of hydrogen-bond acceptors (Lipinski definition) is 4. The van der Waals surface area contributed by atoms with Crippen LogP contribution in [0, 0.1) is 13.8 Å². The molecule has 0 saturated carbocycles. The number of aryl methyl sites for hydroxylation is 2. The number of carboxylic acids is 1. The molecule has 0 aliphatic heterocycles. The molecule has 6 heteroatoms. The van der Waals surface area contributed by atoms with Crippen molar-refractivity contribution in [1.29, 1.82) is 0 Å². The number of aliphatic carboxylic acids is 1. The maximum absolute atomic E-state index is 12.3. The Morgan fingerprint density at radius 1 is 1.28 bits per heavy atom. The molecule has 25 heavy (non-hydrogen) atoms. The van der Waals surface area contributed by atoms with Crippen LogP contribution in [-0.2, 0) is 11.4 Å². The first-order valence-electron chi connectivity index (χ1n) is 8.09. The van der Waals surface area contributed by atoms with Crippen molar-refractivity contribution in [3.8, 4) is 5.75 Å². The number of aromatic nitrogens is 1. The van der Waals surface area contributed by atoms with E-state index in [1.54, 1.807) is 31.5 Å². The van der Waals surface area contributed by atoms with Crippen molar-refractivity contribution < 1.29 is 19.4 Å². The van der Waals surface area contributed by atoms with Crippen molar-refractivity contribution >= 4 is 11.9 Å². The highest BCUT2D eigenvalue weighted by Gasteiger charge is 2.19. The van der Waals surface area contributed by atoms with Crippen LogP contribution in [0.5, 0.6) is 5.75 Å². The van der Waals surface area contributed by atoms with Gasteiger partial charge in [0.15, 0.2) is 0 Å². The van der Waals surface area contributed by atoms with E-state index in [4.69, 9.17) is 9.84 Å². The molecular weight excluding hydrogens is 320 g/mol. The molecule has 1 aromatic heterocycles. The molecule has 2 N–H and O–H groups in total. The lowest BCUT2D eigenvalue weighted by Crippen LogP contribution is -2.40. The van der Waals surface area contributed by atoms with Gasteiger partial charge in [0.1, 0.15) is 18.4 Å². The van der Waals surface area contributed by atoms with Crippen LogP contribution in [0.25, 0.3) is 0 Å². The number of hydrogen-bond donors (Lipinski definition) is 2. The first-order valence-corrected chi connectivity index (χ1v) is 8.09. The highest BCUT2D eigenvalue weighted by molar-refractivity contribution is 5.97. The molecule has 2 aromatic rings. The predicted octanol–water partition coefficient (Wildman–Crippen LogP) is 2.87. The largest absolute Gasteiger partial charge is 0.488 e. The van der Waals surface area contributed by atoms with Crippen LogP contribution in [-0.4, -0.2) is 28.0 Å². The summed E-state index contributed by atoms with van der Waals surface area (Å²) < 4.78 is 5.86. The zero-order valence-corrected chi connectivity index (χ0v) is 14.6. The van der Waals surface area contributed by atoms with E-state index < -0.39 is 17.9 Å². The number of nitrogens with zero attached hydrogens (tertiary/aromatic N) is 1. The summed E-state index contributed by atoms with van der Waals surface area (Å²) in [5.41, 5.74) is 3.01. The normalized spacial score (nSPS) is 11.6.